The molecule has 1 aromatic heterocycles. The van der Waals surface area contributed by atoms with E-state index in [9.17, 15) is 4.79 Å². The first-order chi connectivity index (χ1) is 7.59. The van der Waals surface area contributed by atoms with Crippen LogP contribution in [-0.4, -0.2) is 36.0 Å². The van der Waals surface area contributed by atoms with Gasteiger partial charge in [-0.15, -0.1) is 0 Å². The van der Waals surface area contributed by atoms with Crippen molar-refractivity contribution in [2.45, 2.75) is 25.9 Å². The first-order valence-electron chi connectivity index (χ1n) is 5.37. The average molecular weight is 243 g/mol. The van der Waals surface area contributed by atoms with Crippen LogP contribution in [0, 0.1) is 0 Å². The molecule has 2 heterocycles. The number of hydrogen-bond donors (Lipinski definition) is 1. The van der Waals surface area contributed by atoms with E-state index in [4.69, 9.17) is 16.0 Å². The molecule has 1 fully saturated rings. The molecule has 5 heteroatoms. The highest BCUT2D eigenvalue weighted by atomic mass is 35.5. The van der Waals surface area contributed by atoms with Crippen molar-refractivity contribution in [2.24, 2.45) is 0 Å². The molecule has 2 atom stereocenters. The van der Waals surface area contributed by atoms with Crippen LogP contribution in [0.25, 0.3) is 0 Å². The molecule has 0 bridgehead atoms. The summed E-state index contributed by atoms with van der Waals surface area (Å²) in [6.07, 6.45) is 1.44. The maximum atomic E-state index is 12.2. The topological polar surface area (TPSA) is 45.5 Å². The zero-order valence-corrected chi connectivity index (χ0v) is 10.1. The van der Waals surface area contributed by atoms with Gasteiger partial charge in [0.25, 0.3) is 5.91 Å². The standard InChI is InChI=1S/C11H15ClN2O2/c1-7-6-14(8(2)5-13-7)11(15)9-3-4-16-10(9)12/h3-4,7-8,13H,5-6H2,1-2H3. The Balaban J connectivity index is 2.18. The highest BCUT2D eigenvalue weighted by Gasteiger charge is 2.29. The van der Waals surface area contributed by atoms with E-state index >= 15 is 0 Å². The summed E-state index contributed by atoms with van der Waals surface area (Å²) in [7, 11) is 0. The Morgan fingerprint density at radius 2 is 2.38 bits per heavy atom. The molecule has 1 aliphatic heterocycles. The van der Waals surface area contributed by atoms with Crippen molar-refractivity contribution in [3.63, 3.8) is 0 Å². The number of nitrogens with one attached hydrogen (secondary N) is 1. The number of rotatable bonds is 1. The van der Waals surface area contributed by atoms with Gasteiger partial charge in [-0.05, 0) is 31.5 Å². The van der Waals surface area contributed by atoms with Crippen molar-refractivity contribution >= 4 is 17.5 Å². The molecule has 2 rings (SSSR count). The van der Waals surface area contributed by atoms with Gasteiger partial charge < -0.3 is 14.6 Å². The lowest BCUT2D eigenvalue weighted by atomic mass is 10.1. The van der Waals surface area contributed by atoms with E-state index < -0.39 is 0 Å². The maximum Gasteiger partial charge on any atom is 0.259 e. The highest BCUT2D eigenvalue weighted by molar-refractivity contribution is 6.32. The fraction of sp³-hybridized carbons (Fsp3) is 0.545. The summed E-state index contributed by atoms with van der Waals surface area (Å²) in [6.45, 7) is 5.58. The predicted molar refractivity (Wildman–Crippen MR) is 61.7 cm³/mol. The summed E-state index contributed by atoms with van der Waals surface area (Å²) in [6, 6.07) is 2.10. The molecular formula is C11H15ClN2O2. The monoisotopic (exact) mass is 242 g/mol. The van der Waals surface area contributed by atoms with Crippen molar-refractivity contribution in [1.29, 1.82) is 0 Å². The van der Waals surface area contributed by atoms with Crippen molar-refractivity contribution in [2.75, 3.05) is 13.1 Å². The molecule has 1 amide bonds. The smallest absolute Gasteiger partial charge is 0.259 e. The Labute approximate surface area is 99.5 Å². The number of carbonyl (C=O) groups is 1. The number of furan rings is 1. The van der Waals surface area contributed by atoms with Gasteiger partial charge >= 0.3 is 0 Å². The fourth-order valence-electron chi connectivity index (χ4n) is 1.91. The Bertz CT molecular complexity index is 391. The third kappa shape index (κ3) is 2.08. The summed E-state index contributed by atoms with van der Waals surface area (Å²) in [4.78, 5) is 14.0. The Kier molecular flexibility index (Phi) is 3.21. The Morgan fingerprint density at radius 1 is 1.62 bits per heavy atom. The van der Waals surface area contributed by atoms with Crippen LogP contribution in [0.1, 0.15) is 24.2 Å². The van der Waals surface area contributed by atoms with Gasteiger partial charge in [0, 0.05) is 25.2 Å². The molecular weight excluding hydrogens is 228 g/mol. The summed E-state index contributed by atoms with van der Waals surface area (Å²) in [5.41, 5.74) is 0.447. The van der Waals surface area contributed by atoms with Crippen molar-refractivity contribution in [3.05, 3.63) is 23.1 Å². The third-order valence-corrected chi connectivity index (χ3v) is 3.17. The van der Waals surface area contributed by atoms with Crippen LogP contribution in [0.2, 0.25) is 5.22 Å². The van der Waals surface area contributed by atoms with E-state index in [1.807, 2.05) is 11.8 Å². The van der Waals surface area contributed by atoms with Crippen LogP contribution < -0.4 is 5.32 Å². The Hall–Kier alpha value is -1.00. The van der Waals surface area contributed by atoms with Crippen LogP contribution >= 0.6 is 11.6 Å². The molecule has 0 spiro atoms. The second-order valence-electron chi connectivity index (χ2n) is 4.22. The molecule has 4 nitrogen and oxygen atoms in total. The summed E-state index contributed by atoms with van der Waals surface area (Å²) in [5.74, 6) is -0.0559. The zero-order valence-electron chi connectivity index (χ0n) is 9.37. The normalized spacial score (nSPS) is 25.8. The Morgan fingerprint density at radius 3 is 3.00 bits per heavy atom. The third-order valence-electron chi connectivity index (χ3n) is 2.87. The van der Waals surface area contributed by atoms with Crippen LogP contribution in [-0.2, 0) is 0 Å². The molecule has 0 saturated carbocycles. The molecule has 1 N–H and O–H groups in total. The average Bonchev–Trinajstić information content (AvgIpc) is 2.67. The zero-order chi connectivity index (χ0) is 11.7. The SMILES string of the molecule is CC1CN(C(=O)c2ccoc2Cl)C(C)CN1. The van der Waals surface area contributed by atoms with Gasteiger partial charge in [0.05, 0.1) is 11.8 Å². The van der Waals surface area contributed by atoms with Gasteiger partial charge in [-0.3, -0.25) is 4.79 Å². The minimum Gasteiger partial charge on any atom is -0.452 e. The summed E-state index contributed by atoms with van der Waals surface area (Å²) >= 11 is 5.81. The van der Waals surface area contributed by atoms with Gasteiger partial charge in [-0.2, -0.15) is 0 Å². The number of carbonyl (C=O) groups excluding carboxylic acids is 1. The van der Waals surface area contributed by atoms with Crippen LogP contribution in [0.3, 0.4) is 0 Å². The molecule has 0 aliphatic carbocycles. The molecule has 88 valence electrons. The van der Waals surface area contributed by atoms with E-state index in [1.54, 1.807) is 6.07 Å². The van der Waals surface area contributed by atoms with Gasteiger partial charge in [-0.1, -0.05) is 0 Å². The quantitative estimate of drug-likeness (QED) is 0.816. The maximum absolute atomic E-state index is 12.2. The van der Waals surface area contributed by atoms with E-state index in [2.05, 4.69) is 12.2 Å². The molecule has 0 radical (unpaired) electrons. The van der Waals surface area contributed by atoms with Crippen LogP contribution in [0.4, 0.5) is 0 Å². The predicted octanol–water partition coefficient (Wildman–Crippen LogP) is 1.76. The number of nitrogens with zero attached hydrogens (tertiary/aromatic N) is 1. The molecule has 1 aromatic rings. The number of amides is 1. The number of piperazine rings is 1. The van der Waals surface area contributed by atoms with E-state index in [0.717, 1.165) is 6.54 Å². The molecule has 16 heavy (non-hydrogen) atoms. The molecule has 2 unspecified atom stereocenters. The van der Waals surface area contributed by atoms with Gasteiger partial charge in [0.15, 0.2) is 0 Å². The largest absolute Gasteiger partial charge is 0.452 e. The van der Waals surface area contributed by atoms with Gasteiger partial charge in [0.2, 0.25) is 5.22 Å². The fourth-order valence-corrected chi connectivity index (χ4v) is 2.10. The lowest BCUT2D eigenvalue weighted by Gasteiger charge is -2.37. The van der Waals surface area contributed by atoms with Gasteiger partial charge in [-0.25, -0.2) is 0 Å². The highest BCUT2D eigenvalue weighted by Crippen LogP contribution is 2.20. The van der Waals surface area contributed by atoms with E-state index in [1.165, 1.54) is 6.26 Å². The van der Waals surface area contributed by atoms with E-state index in [-0.39, 0.29) is 17.2 Å². The molecule has 1 aliphatic rings. The first-order valence-corrected chi connectivity index (χ1v) is 5.74. The van der Waals surface area contributed by atoms with Crippen molar-refractivity contribution in [1.82, 2.24) is 10.2 Å². The lowest BCUT2D eigenvalue weighted by molar-refractivity contribution is 0.0616. The van der Waals surface area contributed by atoms with Crippen molar-refractivity contribution in [3.8, 4) is 0 Å². The summed E-state index contributed by atoms with van der Waals surface area (Å²) in [5, 5.41) is 3.50. The number of halogens is 1. The minimum absolute atomic E-state index is 0.0559. The lowest BCUT2D eigenvalue weighted by Crippen LogP contribution is -2.56. The molecule has 0 aromatic carbocycles. The number of hydrogen-bond acceptors (Lipinski definition) is 3. The van der Waals surface area contributed by atoms with Crippen LogP contribution in [0.15, 0.2) is 16.7 Å². The summed E-state index contributed by atoms with van der Waals surface area (Å²) < 4.78 is 4.94. The van der Waals surface area contributed by atoms with Gasteiger partial charge in [0.1, 0.15) is 0 Å². The molecule has 1 saturated heterocycles. The first kappa shape index (κ1) is 11.5. The van der Waals surface area contributed by atoms with Crippen molar-refractivity contribution < 1.29 is 9.21 Å². The minimum atomic E-state index is -0.0559. The van der Waals surface area contributed by atoms with E-state index in [0.29, 0.717) is 18.2 Å². The second-order valence-corrected chi connectivity index (χ2v) is 4.57. The van der Waals surface area contributed by atoms with Crippen LogP contribution in [0.5, 0.6) is 0 Å². The second kappa shape index (κ2) is 4.47.